The van der Waals surface area contributed by atoms with E-state index >= 15 is 0 Å². The first kappa shape index (κ1) is 100. The second kappa shape index (κ2) is 49.5. The van der Waals surface area contributed by atoms with Crippen LogP contribution in [0.5, 0.6) is 0 Å². The minimum absolute atomic E-state index is 0.0372. The smallest absolute Gasteiger partial charge is 0.481 e. The van der Waals surface area contributed by atoms with Gasteiger partial charge in [0.1, 0.15) is 48.3 Å². The molecule has 10 amide bonds. The normalized spacial score (nSPS) is 18.8. The molecule has 4 heterocycles. The van der Waals surface area contributed by atoms with Gasteiger partial charge in [-0.3, -0.25) is 67.5 Å². The van der Waals surface area contributed by atoms with Crippen molar-refractivity contribution in [1.82, 2.24) is 52.3 Å². The molecule has 0 aliphatic carbocycles. The standard InChI is InChI=1S/C42H52N8O7.C41H50N8O7.2C2HF3O2/c43-42(44)46-21-10-17-31(39(55)49-33(26-37(52)53)38(54)45-22-20-27-11-4-1-5-12-27)48-40(56)35-25-30(23-28-13-6-2-7-14-28)34-19-18-32(41(57)50(34)35)47-36(51)24-29-15-8-3-9-16-29;42-41(43)44-20-10-17-30(38(54)48-32(24-36(51)52)37(53)45-25-28-15-8-3-9-16-28)47-39(55)34-23-29(21-26-11-4-1-5-12-26)33-19-18-31(40(56)49(33)34)46-35(50)22-27-13-6-2-7-14-27;2*3-2(4,5)1(6)7/h1-9,11-16,30-35H,10,17-26H2,(H,45,54)(H,47,51)(H,48,56)(H,49,55)(H,52,53)(H4,43,44,46);1-9,11-16,29-34H,10,17-25H2,(H,45,53)(H,46,50)(H,47,55)(H,48,54)(H,51,52)(H4,42,43,44);2*(H,6,7)/t30-,31+,32?,33+,34+,35+;29-,30+,31?,32+,33+,34+;;/m11../s1. The number of carboxylic acid groups (broad SMARTS) is 4. The highest BCUT2D eigenvalue weighted by atomic mass is 19.4. The second-order valence-corrected chi connectivity index (χ2v) is 30.4. The van der Waals surface area contributed by atoms with Crippen molar-refractivity contribution in [1.29, 1.82) is 0 Å². The van der Waals surface area contributed by atoms with E-state index in [0.717, 1.165) is 33.4 Å². The number of carboxylic acids is 4. The van der Waals surface area contributed by atoms with Crippen LogP contribution in [0.4, 0.5) is 26.3 Å². The van der Waals surface area contributed by atoms with E-state index in [0.29, 0.717) is 57.8 Å². The number of alkyl halides is 6. The molecule has 6 aromatic rings. The molecule has 6 aromatic carbocycles. The fourth-order valence-electron chi connectivity index (χ4n) is 15.2. The Kier molecular flexibility index (Phi) is 39.0. The summed E-state index contributed by atoms with van der Waals surface area (Å²) in [6.07, 6.45) is -6.50. The highest BCUT2D eigenvalue weighted by Gasteiger charge is 2.53. The van der Waals surface area contributed by atoms with Gasteiger partial charge in [0.15, 0.2) is 11.9 Å². The van der Waals surface area contributed by atoms with Crippen LogP contribution in [0.15, 0.2) is 192 Å². The molecular formula is C87H104F6N16O18. The van der Waals surface area contributed by atoms with E-state index in [9.17, 15) is 94.1 Å². The number of nitrogens with one attached hydrogen (secondary N) is 8. The molecule has 34 nitrogen and oxygen atoms in total. The number of hydrogen-bond donors (Lipinski definition) is 16. The molecule has 4 fully saturated rings. The van der Waals surface area contributed by atoms with E-state index in [1.165, 1.54) is 0 Å². The zero-order valence-electron chi connectivity index (χ0n) is 69.0. The molecule has 0 aromatic heterocycles. The average Bonchev–Trinajstić information content (AvgIpc) is 1.62. The zero-order chi connectivity index (χ0) is 92.9. The maximum atomic E-state index is 14.3. The summed E-state index contributed by atoms with van der Waals surface area (Å²) in [6, 6.07) is 46.8. The molecule has 20 N–H and O–H groups in total. The predicted octanol–water partition coefficient (Wildman–Crippen LogP) is 3.61. The number of benzene rings is 6. The fourth-order valence-corrected chi connectivity index (χ4v) is 15.2. The van der Waals surface area contributed by atoms with E-state index in [1.54, 1.807) is 34.1 Å². The third-order valence-corrected chi connectivity index (χ3v) is 21.0. The lowest BCUT2D eigenvalue weighted by Gasteiger charge is -2.39. The number of nitrogens with two attached hydrogens (primary N) is 4. The van der Waals surface area contributed by atoms with Crippen molar-refractivity contribution in [3.05, 3.63) is 215 Å². The van der Waals surface area contributed by atoms with E-state index in [4.69, 9.17) is 42.7 Å². The van der Waals surface area contributed by atoms with Crippen LogP contribution in [0, 0.1) is 11.8 Å². The number of halogens is 6. The predicted molar refractivity (Wildman–Crippen MR) is 449 cm³/mol. The van der Waals surface area contributed by atoms with Crippen LogP contribution in [0.25, 0.3) is 0 Å². The van der Waals surface area contributed by atoms with Gasteiger partial charge in [-0.15, -0.1) is 0 Å². The van der Waals surface area contributed by atoms with Crippen molar-refractivity contribution in [3.8, 4) is 0 Å². The Bertz CT molecular complexity index is 4730. The second-order valence-electron chi connectivity index (χ2n) is 30.4. The zero-order valence-corrected chi connectivity index (χ0v) is 69.0. The molecule has 127 heavy (non-hydrogen) atoms. The lowest BCUT2D eigenvalue weighted by Crippen LogP contribution is -2.61. The number of amides is 10. The molecule has 40 heteroatoms. The van der Waals surface area contributed by atoms with Gasteiger partial charge in [0.05, 0.1) is 25.7 Å². The van der Waals surface area contributed by atoms with Crippen molar-refractivity contribution in [3.63, 3.8) is 0 Å². The van der Waals surface area contributed by atoms with Crippen molar-refractivity contribution in [2.24, 2.45) is 44.8 Å². The molecule has 4 aliphatic heterocycles. The summed E-state index contributed by atoms with van der Waals surface area (Å²) < 4.78 is 63.5. The van der Waals surface area contributed by atoms with Gasteiger partial charge in [0, 0.05) is 38.3 Å². The van der Waals surface area contributed by atoms with Crippen molar-refractivity contribution in [2.75, 3.05) is 19.6 Å². The minimum Gasteiger partial charge on any atom is -0.481 e. The summed E-state index contributed by atoms with van der Waals surface area (Å²) in [6.45, 7) is 0.588. The van der Waals surface area contributed by atoms with Gasteiger partial charge in [0.2, 0.25) is 59.1 Å². The molecular weight excluding hydrogens is 1670 g/mol. The molecule has 0 spiro atoms. The van der Waals surface area contributed by atoms with Crippen LogP contribution < -0.4 is 65.5 Å². The number of guanidine groups is 2. The maximum absolute atomic E-state index is 14.3. The van der Waals surface area contributed by atoms with Crippen molar-refractivity contribution >= 4 is 94.9 Å². The van der Waals surface area contributed by atoms with Crippen LogP contribution in [-0.2, 0) is 106 Å². The fraction of sp³-hybridized carbons (Fsp3) is 0.402. The number of carbonyl (C=O) groups excluding carboxylic acids is 10. The van der Waals surface area contributed by atoms with Crippen LogP contribution in [0.2, 0.25) is 0 Å². The summed E-state index contributed by atoms with van der Waals surface area (Å²) >= 11 is 0. The molecule has 12 atom stereocenters. The van der Waals surface area contributed by atoms with E-state index in [1.807, 2.05) is 158 Å². The summed E-state index contributed by atoms with van der Waals surface area (Å²) in [5, 5.41) is 55.3. The monoisotopic (exact) mass is 1770 g/mol. The molecule has 682 valence electrons. The molecule has 2 unspecified atom stereocenters. The molecule has 4 aliphatic rings. The first-order valence-electron chi connectivity index (χ1n) is 40.7. The topological polar surface area (TPSA) is 551 Å². The van der Waals surface area contributed by atoms with Crippen molar-refractivity contribution in [2.45, 2.75) is 188 Å². The Morgan fingerprint density at radius 2 is 0.724 bits per heavy atom. The Labute approximate surface area is 726 Å². The molecule has 0 radical (unpaired) electrons. The number of piperidine rings is 2. The van der Waals surface area contributed by atoms with Gasteiger partial charge in [-0.05, 0) is 129 Å². The number of aliphatic imine (C=N–C) groups is 2. The molecule has 10 rings (SSSR count). The Morgan fingerprint density at radius 3 is 1.05 bits per heavy atom. The van der Waals surface area contributed by atoms with Crippen LogP contribution >= 0.6 is 0 Å². The van der Waals surface area contributed by atoms with E-state index in [2.05, 4.69) is 52.5 Å². The van der Waals surface area contributed by atoms with Gasteiger partial charge >= 0.3 is 36.2 Å². The highest BCUT2D eigenvalue weighted by molar-refractivity contribution is 5.99. The number of aliphatic carboxylic acids is 4. The first-order valence-corrected chi connectivity index (χ1v) is 40.7. The molecule has 4 saturated heterocycles. The number of carbonyl (C=O) groups is 14. The van der Waals surface area contributed by atoms with Gasteiger partial charge in [0.25, 0.3) is 0 Å². The summed E-state index contributed by atoms with van der Waals surface area (Å²) in [4.78, 5) is 190. The third kappa shape index (κ3) is 33.6. The van der Waals surface area contributed by atoms with Crippen molar-refractivity contribution < 1.29 is 114 Å². The van der Waals surface area contributed by atoms with E-state index < -0.39 is 133 Å². The van der Waals surface area contributed by atoms with Gasteiger partial charge in [-0.1, -0.05) is 182 Å². The summed E-state index contributed by atoms with van der Waals surface area (Å²) in [5.74, 6) is -14.1. The lowest BCUT2D eigenvalue weighted by molar-refractivity contribution is -0.193. The Morgan fingerprint density at radius 1 is 0.409 bits per heavy atom. The molecule has 0 saturated carbocycles. The first-order chi connectivity index (χ1) is 60.3. The van der Waals surface area contributed by atoms with E-state index in [-0.39, 0.29) is 124 Å². The lowest BCUT2D eigenvalue weighted by atomic mass is 9.86. The average molecular weight is 1780 g/mol. The maximum Gasteiger partial charge on any atom is 0.490 e. The number of nitrogens with zero attached hydrogens (tertiary/aromatic N) is 4. The summed E-state index contributed by atoms with van der Waals surface area (Å²) in [7, 11) is 0. The minimum atomic E-state index is -5.08. The van der Waals surface area contributed by atoms with Gasteiger partial charge in [-0.2, -0.15) is 26.3 Å². The number of rotatable bonds is 37. The highest BCUT2D eigenvalue weighted by Crippen LogP contribution is 2.41. The number of hydrogen-bond acceptors (Lipinski definition) is 16. The van der Waals surface area contributed by atoms with Gasteiger partial charge in [-0.25, -0.2) is 9.59 Å². The number of fused-ring (bicyclic) bond motifs is 2. The van der Waals surface area contributed by atoms with Crippen LogP contribution in [0.3, 0.4) is 0 Å². The van der Waals surface area contributed by atoms with Crippen LogP contribution in [-0.4, -0.2) is 217 Å². The summed E-state index contributed by atoms with van der Waals surface area (Å²) in [5.41, 5.74) is 27.4. The third-order valence-electron chi connectivity index (χ3n) is 21.0. The Balaban J connectivity index is 0.000000302. The quantitative estimate of drug-likeness (QED) is 0.0115. The van der Waals surface area contributed by atoms with Crippen LogP contribution in [0.1, 0.15) is 110 Å². The molecule has 0 bridgehead atoms. The SMILES string of the molecule is NC(N)=NCCC[C@H](NC(=O)[C@@H]1C[C@@H](Cc2ccccc2)[C@@H]2CCC(NC(=O)Cc3ccccc3)C(=O)N12)C(=O)N[C@@H](CC(=O)O)C(=O)NCCc1ccccc1.NC(N)=NCCC[C@H](NC(=O)[C@@H]1C[C@@H](Cc2ccccc2)[C@@H]2CCC(NC(=O)Cc3ccccc3)C(=O)N12)C(=O)N[C@@H](CC(=O)O)C(=O)NCc1ccccc1.O=C(O)C(F)(F)F.O=C(O)C(F)(F)F. The largest absolute Gasteiger partial charge is 0.490 e. The van der Waals surface area contributed by atoms with Gasteiger partial charge < -0.3 is 95.7 Å². The Hall–Kier alpha value is -14.0.